The van der Waals surface area contributed by atoms with Crippen LogP contribution in [-0.4, -0.2) is 31.5 Å². The summed E-state index contributed by atoms with van der Waals surface area (Å²) < 4.78 is 23.5. The predicted octanol–water partition coefficient (Wildman–Crippen LogP) is 3.66. The molecule has 8 heteroatoms. The Morgan fingerprint density at radius 1 is 1.13 bits per heavy atom. The number of ether oxygens (including phenoxy) is 2. The highest BCUT2D eigenvalue weighted by atomic mass is 19.1. The Hall–Kier alpha value is -3.68. The molecule has 7 nitrogen and oxygen atoms in total. The fourth-order valence-corrected chi connectivity index (χ4v) is 3.44. The summed E-state index contributed by atoms with van der Waals surface area (Å²) in [7, 11) is 1.52. The summed E-state index contributed by atoms with van der Waals surface area (Å²) in [6.07, 6.45) is -0.165. The minimum Gasteiger partial charge on any atom is -0.497 e. The number of imide groups is 1. The molecule has 0 aliphatic carbocycles. The third-order valence-electron chi connectivity index (χ3n) is 4.90. The summed E-state index contributed by atoms with van der Waals surface area (Å²) in [6, 6.07) is 12.1. The summed E-state index contributed by atoms with van der Waals surface area (Å²) >= 11 is 0. The molecule has 31 heavy (non-hydrogen) atoms. The molecule has 162 valence electrons. The van der Waals surface area contributed by atoms with Crippen LogP contribution >= 0.6 is 0 Å². The Labute approximate surface area is 179 Å². The van der Waals surface area contributed by atoms with Gasteiger partial charge in [0, 0.05) is 17.8 Å². The molecule has 2 aromatic carbocycles. The van der Waals surface area contributed by atoms with Crippen molar-refractivity contribution in [3.8, 4) is 5.75 Å². The lowest BCUT2D eigenvalue weighted by molar-refractivity contribution is -0.140. The fraction of sp³-hybridized carbons (Fsp3) is 0.261. The second kappa shape index (κ2) is 9.42. The van der Waals surface area contributed by atoms with E-state index >= 15 is 0 Å². The van der Waals surface area contributed by atoms with Gasteiger partial charge in [0.15, 0.2) is 0 Å². The highest BCUT2D eigenvalue weighted by Gasteiger charge is 2.44. The average Bonchev–Trinajstić information content (AvgIpc) is 3.04. The lowest BCUT2D eigenvalue weighted by atomic mass is 9.95. The van der Waals surface area contributed by atoms with Crippen molar-refractivity contribution in [3.05, 3.63) is 65.6 Å². The number of anilines is 2. The normalized spacial score (nSPS) is 16.8. The van der Waals surface area contributed by atoms with Crippen LogP contribution in [0.4, 0.5) is 15.8 Å². The van der Waals surface area contributed by atoms with Gasteiger partial charge in [0.05, 0.1) is 30.9 Å². The summed E-state index contributed by atoms with van der Waals surface area (Å²) in [5.74, 6) is -2.43. The van der Waals surface area contributed by atoms with Crippen molar-refractivity contribution in [2.45, 2.75) is 20.3 Å². The number of benzene rings is 2. The fourth-order valence-electron chi connectivity index (χ4n) is 3.44. The van der Waals surface area contributed by atoms with Gasteiger partial charge in [-0.2, -0.15) is 0 Å². The molecule has 0 spiro atoms. The third kappa shape index (κ3) is 4.74. The summed E-state index contributed by atoms with van der Waals surface area (Å²) in [5.41, 5.74) is 1.35. The molecule has 1 fully saturated rings. The van der Waals surface area contributed by atoms with E-state index in [0.29, 0.717) is 22.8 Å². The first kappa shape index (κ1) is 22.0. The number of rotatable bonds is 7. The van der Waals surface area contributed by atoms with Crippen LogP contribution in [-0.2, 0) is 19.1 Å². The number of esters is 1. The van der Waals surface area contributed by atoms with E-state index in [4.69, 9.17) is 9.47 Å². The van der Waals surface area contributed by atoms with Gasteiger partial charge < -0.3 is 14.8 Å². The van der Waals surface area contributed by atoms with Gasteiger partial charge in [-0.1, -0.05) is 0 Å². The van der Waals surface area contributed by atoms with Crippen molar-refractivity contribution < 1.29 is 28.2 Å². The Kier molecular flexibility index (Phi) is 6.69. The van der Waals surface area contributed by atoms with Gasteiger partial charge in [-0.25, -0.2) is 14.1 Å². The van der Waals surface area contributed by atoms with Gasteiger partial charge >= 0.3 is 5.97 Å². The molecule has 0 unspecified atom stereocenters. The second-order valence-electron chi connectivity index (χ2n) is 6.91. The zero-order valence-corrected chi connectivity index (χ0v) is 17.5. The first-order valence-electron chi connectivity index (χ1n) is 9.77. The molecule has 1 aliphatic heterocycles. The minimum atomic E-state index is -0.999. The molecule has 0 radical (unpaired) electrons. The highest BCUT2D eigenvalue weighted by molar-refractivity contribution is 6.23. The minimum absolute atomic E-state index is 0.0699. The van der Waals surface area contributed by atoms with E-state index in [0.717, 1.165) is 4.90 Å². The molecular weight excluding hydrogens is 403 g/mol. The Morgan fingerprint density at radius 3 is 2.35 bits per heavy atom. The third-order valence-corrected chi connectivity index (χ3v) is 4.90. The SMILES string of the molecule is CCOC(=O)/C(=C(/C)Nc1ccc(F)cc1)[C@H]1CC(=O)N(c2ccc(OC)cc2)C1=O. The Bertz CT molecular complexity index is 1020. The van der Waals surface area contributed by atoms with E-state index in [1.165, 1.54) is 31.4 Å². The molecule has 0 bridgehead atoms. The number of nitrogens with one attached hydrogen (secondary N) is 1. The molecule has 1 heterocycles. The number of hydrogen-bond donors (Lipinski definition) is 1. The Morgan fingerprint density at radius 2 is 1.77 bits per heavy atom. The lowest BCUT2D eigenvalue weighted by Crippen LogP contribution is -2.32. The van der Waals surface area contributed by atoms with E-state index in [2.05, 4.69) is 5.32 Å². The summed E-state index contributed by atoms with van der Waals surface area (Å²) in [6.45, 7) is 3.39. The molecular formula is C23H23FN2O5. The highest BCUT2D eigenvalue weighted by Crippen LogP contribution is 2.34. The van der Waals surface area contributed by atoms with Gasteiger partial charge in [-0.3, -0.25) is 9.59 Å². The van der Waals surface area contributed by atoms with Crippen LogP contribution in [0.25, 0.3) is 0 Å². The van der Waals surface area contributed by atoms with Crippen LogP contribution in [0.15, 0.2) is 59.8 Å². The number of allylic oxidation sites excluding steroid dienone is 1. The van der Waals surface area contributed by atoms with Crippen molar-refractivity contribution in [2.24, 2.45) is 5.92 Å². The molecule has 1 N–H and O–H groups in total. The van der Waals surface area contributed by atoms with Crippen molar-refractivity contribution in [1.82, 2.24) is 0 Å². The van der Waals surface area contributed by atoms with E-state index in [9.17, 15) is 18.8 Å². The number of amides is 2. The van der Waals surface area contributed by atoms with Crippen molar-refractivity contribution in [3.63, 3.8) is 0 Å². The number of carbonyl (C=O) groups excluding carboxylic acids is 3. The van der Waals surface area contributed by atoms with Crippen LogP contribution in [0, 0.1) is 11.7 Å². The summed E-state index contributed by atoms with van der Waals surface area (Å²) in [5, 5.41) is 3.00. The number of halogens is 1. The van der Waals surface area contributed by atoms with Gasteiger partial charge in [-0.15, -0.1) is 0 Å². The Balaban J connectivity index is 1.95. The molecule has 2 aromatic rings. The molecule has 1 aliphatic rings. The molecule has 3 rings (SSSR count). The smallest absolute Gasteiger partial charge is 0.336 e. The van der Waals surface area contributed by atoms with Gasteiger partial charge in [-0.05, 0) is 62.4 Å². The van der Waals surface area contributed by atoms with Gasteiger partial charge in [0.1, 0.15) is 11.6 Å². The zero-order valence-electron chi connectivity index (χ0n) is 17.5. The summed E-state index contributed by atoms with van der Waals surface area (Å²) in [4.78, 5) is 39.6. The van der Waals surface area contributed by atoms with E-state index < -0.39 is 29.5 Å². The van der Waals surface area contributed by atoms with E-state index in [1.807, 2.05) is 0 Å². The van der Waals surface area contributed by atoms with Crippen LogP contribution < -0.4 is 15.0 Å². The predicted molar refractivity (Wildman–Crippen MR) is 113 cm³/mol. The topological polar surface area (TPSA) is 84.9 Å². The second-order valence-corrected chi connectivity index (χ2v) is 6.91. The van der Waals surface area contributed by atoms with Crippen molar-refractivity contribution in [2.75, 3.05) is 23.9 Å². The van der Waals surface area contributed by atoms with Crippen molar-refractivity contribution in [1.29, 1.82) is 0 Å². The van der Waals surface area contributed by atoms with Crippen LogP contribution in [0.1, 0.15) is 20.3 Å². The first-order valence-corrected chi connectivity index (χ1v) is 9.77. The van der Waals surface area contributed by atoms with Gasteiger partial charge in [0.25, 0.3) is 0 Å². The van der Waals surface area contributed by atoms with Crippen LogP contribution in [0.3, 0.4) is 0 Å². The van der Waals surface area contributed by atoms with Crippen LogP contribution in [0.2, 0.25) is 0 Å². The first-order chi connectivity index (χ1) is 14.8. The molecule has 1 atom stereocenters. The average molecular weight is 426 g/mol. The van der Waals surface area contributed by atoms with E-state index in [1.54, 1.807) is 38.1 Å². The number of hydrogen-bond acceptors (Lipinski definition) is 6. The monoisotopic (exact) mass is 426 g/mol. The maximum absolute atomic E-state index is 13.2. The number of carbonyl (C=O) groups is 3. The number of methoxy groups -OCH3 is 1. The number of nitrogens with zero attached hydrogens (tertiary/aromatic N) is 1. The zero-order chi connectivity index (χ0) is 22.5. The van der Waals surface area contributed by atoms with Crippen molar-refractivity contribution >= 4 is 29.2 Å². The van der Waals surface area contributed by atoms with E-state index in [-0.39, 0.29) is 18.6 Å². The molecule has 0 aromatic heterocycles. The lowest BCUT2D eigenvalue weighted by Gasteiger charge is -2.19. The molecule has 2 amide bonds. The maximum Gasteiger partial charge on any atom is 0.336 e. The largest absolute Gasteiger partial charge is 0.497 e. The molecule has 1 saturated heterocycles. The molecule has 0 saturated carbocycles. The maximum atomic E-state index is 13.2. The standard InChI is InChI=1S/C23H23FN2O5/c1-4-31-23(29)21(14(2)25-16-7-5-15(24)6-8-16)19-13-20(27)26(22(19)28)17-9-11-18(30-3)12-10-17/h5-12,19,25H,4,13H2,1-3H3/b21-14-/t19-/m1/s1. The quantitative estimate of drug-likeness (QED) is 0.413. The van der Waals surface area contributed by atoms with Crippen LogP contribution in [0.5, 0.6) is 5.75 Å². The van der Waals surface area contributed by atoms with Gasteiger partial charge in [0.2, 0.25) is 11.8 Å².